The summed E-state index contributed by atoms with van der Waals surface area (Å²) in [5.74, 6) is -0.206. The van der Waals surface area contributed by atoms with Gasteiger partial charge in [-0.1, -0.05) is 6.05 Å². The highest BCUT2D eigenvalue weighted by Gasteiger charge is 2.00. The van der Waals surface area contributed by atoms with E-state index in [1.165, 1.54) is 6.08 Å². The third kappa shape index (κ3) is 1.67. The van der Waals surface area contributed by atoms with Crippen LogP contribution < -0.4 is 0 Å². The maximum Gasteiger partial charge on any atom is 0.121 e. The lowest BCUT2D eigenvalue weighted by Gasteiger charge is -1.94. The number of hydrogen-bond donors (Lipinski definition) is 0. The molecule has 0 saturated carbocycles. The van der Waals surface area contributed by atoms with Crippen molar-refractivity contribution >= 4 is 0 Å². The third-order valence-electron chi connectivity index (χ3n) is 1.51. The average Bonchev–Trinajstić information content (AvgIpc) is 1.96. The Morgan fingerprint density at radius 2 is 2.56 bits per heavy atom. The van der Waals surface area contributed by atoms with E-state index in [1.807, 2.05) is 0 Å². The second-order valence-corrected chi connectivity index (χ2v) is 2.33. The van der Waals surface area contributed by atoms with Gasteiger partial charge in [-0.3, -0.25) is 0 Å². The van der Waals surface area contributed by atoms with Crippen LogP contribution in [0.15, 0.2) is 23.5 Å². The van der Waals surface area contributed by atoms with Gasteiger partial charge in [-0.05, 0) is 37.8 Å². The maximum atomic E-state index is 12.8. The van der Waals surface area contributed by atoms with Crippen LogP contribution in [-0.2, 0) is 0 Å². The number of allylic oxidation sites excluding steroid dienone is 4. The maximum absolute atomic E-state index is 12.8. The Kier molecular flexibility index (Phi) is 1.63. The fraction of sp³-hybridized carbons (Fsp3) is 0.500. The van der Waals surface area contributed by atoms with Crippen LogP contribution in [0, 0.1) is 0 Å². The Morgan fingerprint density at radius 3 is 3.33 bits per heavy atom. The molecule has 0 saturated heterocycles. The summed E-state index contributed by atoms with van der Waals surface area (Å²) in [6, 6.07) is 0.411. The highest BCUT2D eigenvalue weighted by molar-refractivity contribution is 5.19. The second kappa shape index (κ2) is 2.81. The molecule has 0 radical (unpaired) electrons. The summed E-state index contributed by atoms with van der Waals surface area (Å²) in [5, 5.41) is 0. The highest BCUT2D eigenvalue weighted by Crippen LogP contribution is 2.18. The zero-order valence-corrected chi connectivity index (χ0v) is 5.58. The minimum atomic E-state index is -0.206. The fourth-order valence-corrected chi connectivity index (χ4v) is 0.860. The molecule has 1 aliphatic rings. The minimum Gasteiger partial charge on any atom is -0.207 e. The summed E-state index contributed by atoms with van der Waals surface area (Å²) < 4.78 is 20.0. The van der Waals surface area contributed by atoms with E-state index in [9.17, 15) is 4.39 Å². The van der Waals surface area contributed by atoms with E-state index < -0.39 is 0 Å². The third-order valence-corrected chi connectivity index (χ3v) is 1.51. The quantitative estimate of drug-likeness (QED) is 0.469. The van der Waals surface area contributed by atoms with Crippen molar-refractivity contribution in [1.82, 2.24) is 0 Å². The first-order valence-electron chi connectivity index (χ1n) is 3.72. The van der Waals surface area contributed by atoms with Crippen LogP contribution >= 0.6 is 0 Å². The Bertz CT molecular complexity index is 191. The van der Waals surface area contributed by atoms with Crippen LogP contribution in [0.5, 0.6) is 0 Å². The molecule has 0 aromatic carbocycles. The van der Waals surface area contributed by atoms with Crippen molar-refractivity contribution in [2.75, 3.05) is 0 Å². The summed E-state index contributed by atoms with van der Waals surface area (Å²) in [6.45, 7) is 1.78. The fourth-order valence-electron chi connectivity index (χ4n) is 0.860. The van der Waals surface area contributed by atoms with Crippen molar-refractivity contribution in [3.63, 3.8) is 0 Å². The normalized spacial score (nSPS) is 22.9. The molecule has 1 rings (SSSR count). The van der Waals surface area contributed by atoms with E-state index in [1.54, 1.807) is 6.92 Å². The second-order valence-electron chi connectivity index (χ2n) is 2.33. The molecule has 0 heterocycles. The molecule has 0 unspecified atom stereocenters. The molecule has 1 aliphatic carbocycles. The molecule has 0 aromatic rings. The Morgan fingerprint density at radius 1 is 1.78 bits per heavy atom. The smallest absolute Gasteiger partial charge is 0.121 e. The van der Waals surface area contributed by atoms with Gasteiger partial charge in [0.15, 0.2) is 0 Å². The van der Waals surface area contributed by atoms with Gasteiger partial charge in [0, 0.05) is 0 Å². The zero-order valence-electron chi connectivity index (χ0n) is 6.58. The Balaban J connectivity index is 2.82. The van der Waals surface area contributed by atoms with Crippen molar-refractivity contribution < 1.29 is 5.76 Å². The van der Waals surface area contributed by atoms with Gasteiger partial charge in [0.05, 0.1) is 1.37 Å². The molecule has 1 heteroatoms. The molecular weight excluding hydrogens is 115 g/mol. The SMILES string of the molecule is [2H]C1=CC(F)=C(C)CCC1. The van der Waals surface area contributed by atoms with Crippen molar-refractivity contribution in [1.29, 1.82) is 0 Å². The number of hydrogen-bond acceptors (Lipinski definition) is 0. The van der Waals surface area contributed by atoms with Crippen LogP contribution in [-0.4, -0.2) is 0 Å². The van der Waals surface area contributed by atoms with Crippen molar-refractivity contribution in [2.45, 2.75) is 26.2 Å². The topological polar surface area (TPSA) is 0 Å². The molecule has 0 atom stereocenters. The summed E-state index contributed by atoms with van der Waals surface area (Å²) in [4.78, 5) is 0. The van der Waals surface area contributed by atoms with Gasteiger partial charge in [-0.2, -0.15) is 0 Å². The Hall–Kier alpha value is -0.590. The molecule has 0 spiro atoms. The highest BCUT2D eigenvalue weighted by atomic mass is 19.1. The lowest BCUT2D eigenvalue weighted by Crippen LogP contribution is -1.76. The van der Waals surface area contributed by atoms with Crippen LogP contribution in [0.25, 0.3) is 0 Å². The molecule has 0 aliphatic heterocycles. The number of halogens is 1. The average molecular weight is 127 g/mol. The van der Waals surface area contributed by atoms with Crippen molar-refractivity contribution in [3.05, 3.63) is 23.5 Å². The van der Waals surface area contributed by atoms with E-state index in [0.717, 1.165) is 18.4 Å². The predicted molar refractivity (Wildman–Crippen MR) is 36.8 cm³/mol. The van der Waals surface area contributed by atoms with Crippen LogP contribution in [0.4, 0.5) is 4.39 Å². The van der Waals surface area contributed by atoms with Gasteiger partial charge in [0.1, 0.15) is 5.83 Å². The summed E-state index contributed by atoms with van der Waals surface area (Å²) in [5.41, 5.74) is 0.780. The molecule has 0 fully saturated rings. The minimum absolute atomic E-state index is 0.206. The van der Waals surface area contributed by atoms with E-state index in [-0.39, 0.29) is 5.83 Å². The molecular formula is C8H11F. The van der Waals surface area contributed by atoms with E-state index in [2.05, 4.69) is 0 Å². The monoisotopic (exact) mass is 127 g/mol. The van der Waals surface area contributed by atoms with Crippen molar-refractivity contribution in [3.8, 4) is 0 Å². The van der Waals surface area contributed by atoms with Gasteiger partial charge < -0.3 is 0 Å². The molecule has 0 amide bonds. The van der Waals surface area contributed by atoms with E-state index in [4.69, 9.17) is 1.37 Å². The molecule has 50 valence electrons. The summed E-state index contributed by atoms with van der Waals surface area (Å²) >= 11 is 0. The lowest BCUT2D eigenvalue weighted by molar-refractivity contribution is 0.646. The first-order valence-corrected chi connectivity index (χ1v) is 3.22. The zero-order chi connectivity index (χ0) is 7.56. The van der Waals surface area contributed by atoms with Gasteiger partial charge in [0.25, 0.3) is 0 Å². The van der Waals surface area contributed by atoms with Gasteiger partial charge in [-0.25, -0.2) is 4.39 Å². The molecule has 0 aromatic heterocycles. The largest absolute Gasteiger partial charge is 0.207 e. The standard InChI is InChI=1S/C8H11F/c1-7-5-3-2-4-6-8(7)9/h4,6H,2-3,5H2,1H3/i4D. The predicted octanol–water partition coefficient (Wildman–Crippen LogP) is 2.97. The van der Waals surface area contributed by atoms with E-state index >= 15 is 0 Å². The van der Waals surface area contributed by atoms with Crippen LogP contribution in [0.3, 0.4) is 0 Å². The van der Waals surface area contributed by atoms with Crippen LogP contribution in [0.1, 0.15) is 27.6 Å². The first kappa shape index (κ1) is 5.21. The Labute approximate surface area is 56.5 Å². The van der Waals surface area contributed by atoms with E-state index in [0.29, 0.717) is 12.5 Å². The molecule has 0 nitrogen and oxygen atoms in total. The molecule has 0 bridgehead atoms. The van der Waals surface area contributed by atoms with Gasteiger partial charge in [0.2, 0.25) is 0 Å². The molecule has 0 N–H and O–H groups in total. The van der Waals surface area contributed by atoms with Crippen LogP contribution in [0.2, 0.25) is 0 Å². The summed E-state index contributed by atoms with van der Waals surface area (Å²) in [6.07, 6.45) is 3.74. The van der Waals surface area contributed by atoms with Crippen molar-refractivity contribution in [2.24, 2.45) is 0 Å². The first-order chi connectivity index (χ1) is 4.70. The number of rotatable bonds is 0. The summed E-state index contributed by atoms with van der Waals surface area (Å²) in [7, 11) is 0. The lowest BCUT2D eigenvalue weighted by atomic mass is 10.1. The molecule has 9 heavy (non-hydrogen) atoms. The van der Waals surface area contributed by atoms with Gasteiger partial charge in [-0.15, -0.1) is 0 Å². The van der Waals surface area contributed by atoms with Gasteiger partial charge >= 0.3 is 0 Å².